The predicted octanol–water partition coefficient (Wildman–Crippen LogP) is 4.40. The van der Waals surface area contributed by atoms with E-state index in [1.807, 2.05) is 11.3 Å². The van der Waals surface area contributed by atoms with Crippen LogP contribution in [-0.4, -0.2) is 17.4 Å². The van der Waals surface area contributed by atoms with Crippen LogP contribution >= 0.6 is 11.3 Å². The highest BCUT2D eigenvalue weighted by molar-refractivity contribution is 7.11. The van der Waals surface area contributed by atoms with Crippen molar-refractivity contribution < 1.29 is 4.79 Å². The molecule has 0 bridgehead atoms. The molecular weight excluding hydrogens is 328 g/mol. The summed E-state index contributed by atoms with van der Waals surface area (Å²) in [6.07, 6.45) is 9.43. The van der Waals surface area contributed by atoms with E-state index in [0.29, 0.717) is 6.42 Å². The van der Waals surface area contributed by atoms with E-state index in [-0.39, 0.29) is 5.91 Å². The summed E-state index contributed by atoms with van der Waals surface area (Å²) in [5.74, 6) is 0.172. The Kier molecular flexibility index (Phi) is 6.62. The normalized spacial score (nSPS) is 13.5. The fourth-order valence-electron chi connectivity index (χ4n) is 3.28. The van der Waals surface area contributed by atoms with E-state index in [0.717, 1.165) is 38.6 Å². The second-order valence-corrected chi connectivity index (χ2v) is 8.15. The molecule has 0 aliphatic heterocycles. The molecule has 1 aromatic carbocycles. The molecule has 3 nitrogen and oxygen atoms in total. The molecule has 0 radical (unpaired) electrons. The lowest BCUT2D eigenvalue weighted by molar-refractivity contribution is -0.121. The molecule has 0 unspecified atom stereocenters. The first kappa shape index (κ1) is 18.1. The molecule has 0 fully saturated rings. The number of aromatic nitrogens is 1. The van der Waals surface area contributed by atoms with Crippen LogP contribution in [0.25, 0.3) is 0 Å². The van der Waals surface area contributed by atoms with Crippen LogP contribution in [-0.2, 0) is 30.5 Å². The molecule has 1 N–H and O–H groups in total. The Morgan fingerprint density at radius 2 is 1.92 bits per heavy atom. The molecule has 3 rings (SSSR count). The minimum absolute atomic E-state index is 0.172. The number of benzene rings is 1. The molecule has 0 saturated heterocycles. The largest absolute Gasteiger partial charge is 0.356 e. The summed E-state index contributed by atoms with van der Waals surface area (Å²) in [6.45, 7) is 2.85. The quantitative estimate of drug-likeness (QED) is 0.712. The Morgan fingerprint density at radius 1 is 1.12 bits per heavy atom. The molecule has 25 heavy (non-hydrogen) atoms. The lowest BCUT2D eigenvalue weighted by atomic mass is 10.0. The van der Waals surface area contributed by atoms with Crippen molar-refractivity contribution in [3.05, 3.63) is 51.0 Å². The fourth-order valence-corrected chi connectivity index (χ4v) is 4.47. The number of amides is 1. The molecule has 1 amide bonds. The zero-order chi connectivity index (χ0) is 17.5. The van der Waals surface area contributed by atoms with Gasteiger partial charge in [0.05, 0.1) is 10.7 Å². The number of hydrogen-bond donors (Lipinski definition) is 1. The Balaban J connectivity index is 1.29. The zero-order valence-electron chi connectivity index (χ0n) is 15.1. The molecule has 1 heterocycles. The number of carbonyl (C=O) groups excluding carboxylic acids is 1. The number of thiazole rings is 1. The highest BCUT2D eigenvalue weighted by Gasteiger charge is 2.14. The number of carbonyl (C=O) groups is 1. The molecule has 1 aliphatic rings. The summed E-state index contributed by atoms with van der Waals surface area (Å²) in [6, 6.07) is 8.57. The Hall–Kier alpha value is -1.68. The fraction of sp³-hybridized carbons (Fsp3) is 0.524. The standard InChI is InChI=1S/C21H28N2OS/c1-16-11-13-17(14-12-16)6-4-9-20(24)22-15-5-10-21-23-18-7-2-3-8-19(18)25-21/h11-14H,2-10,15H2,1H3,(H,22,24). The van der Waals surface area contributed by atoms with Gasteiger partial charge in [-0.05, 0) is 57.4 Å². The minimum Gasteiger partial charge on any atom is -0.356 e. The second kappa shape index (κ2) is 9.14. The highest BCUT2D eigenvalue weighted by atomic mass is 32.1. The third kappa shape index (κ3) is 5.67. The molecule has 0 atom stereocenters. The topological polar surface area (TPSA) is 42.0 Å². The van der Waals surface area contributed by atoms with Crippen LogP contribution < -0.4 is 5.32 Å². The van der Waals surface area contributed by atoms with Gasteiger partial charge in [-0.25, -0.2) is 4.98 Å². The van der Waals surface area contributed by atoms with Gasteiger partial charge in [0, 0.05) is 24.3 Å². The molecule has 1 aromatic heterocycles. The number of aryl methyl sites for hydroxylation is 5. The van der Waals surface area contributed by atoms with Gasteiger partial charge in [-0.15, -0.1) is 11.3 Å². The highest BCUT2D eigenvalue weighted by Crippen LogP contribution is 2.27. The van der Waals surface area contributed by atoms with Gasteiger partial charge in [-0.2, -0.15) is 0 Å². The maximum absolute atomic E-state index is 11.9. The van der Waals surface area contributed by atoms with E-state index in [1.165, 1.54) is 46.0 Å². The van der Waals surface area contributed by atoms with Crippen molar-refractivity contribution in [2.75, 3.05) is 6.54 Å². The summed E-state index contributed by atoms with van der Waals surface area (Å²) >= 11 is 1.88. The third-order valence-electron chi connectivity index (χ3n) is 4.77. The Bertz CT molecular complexity index is 667. The van der Waals surface area contributed by atoms with E-state index in [1.54, 1.807) is 0 Å². The molecular formula is C21H28N2OS. The van der Waals surface area contributed by atoms with Gasteiger partial charge in [0.1, 0.15) is 0 Å². The van der Waals surface area contributed by atoms with Crippen molar-refractivity contribution in [1.82, 2.24) is 10.3 Å². The van der Waals surface area contributed by atoms with Crippen molar-refractivity contribution in [2.24, 2.45) is 0 Å². The average molecular weight is 357 g/mol. The number of nitrogens with zero attached hydrogens (tertiary/aromatic N) is 1. The molecule has 134 valence electrons. The summed E-state index contributed by atoms with van der Waals surface area (Å²) in [7, 11) is 0. The van der Waals surface area contributed by atoms with E-state index >= 15 is 0 Å². The summed E-state index contributed by atoms with van der Waals surface area (Å²) in [5, 5.41) is 4.30. The summed E-state index contributed by atoms with van der Waals surface area (Å²) in [4.78, 5) is 18.2. The van der Waals surface area contributed by atoms with E-state index in [9.17, 15) is 4.79 Å². The Labute approximate surface area is 154 Å². The zero-order valence-corrected chi connectivity index (χ0v) is 16.0. The van der Waals surface area contributed by atoms with Crippen LogP contribution in [0.5, 0.6) is 0 Å². The SMILES string of the molecule is Cc1ccc(CCCC(=O)NCCCc2nc3c(s2)CCCC3)cc1. The van der Waals surface area contributed by atoms with Crippen molar-refractivity contribution in [3.8, 4) is 0 Å². The maximum atomic E-state index is 11.9. The van der Waals surface area contributed by atoms with E-state index in [4.69, 9.17) is 4.98 Å². The van der Waals surface area contributed by atoms with Crippen LogP contribution in [0.4, 0.5) is 0 Å². The van der Waals surface area contributed by atoms with Crippen LogP contribution in [0.3, 0.4) is 0 Å². The van der Waals surface area contributed by atoms with Crippen molar-refractivity contribution in [2.45, 2.75) is 64.7 Å². The first-order chi connectivity index (χ1) is 12.2. The lowest BCUT2D eigenvalue weighted by Crippen LogP contribution is -2.24. The smallest absolute Gasteiger partial charge is 0.220 e. The molecule has 4 heteroatoms. The van der Waals surface area contributed by atoms with Gasteiger partial charge in [-0.3, -0.25) is 4.79 Å². The van der Waals surface area contributed by atoms with Gasteiger partial charge < -0.3 is 5.32 Å². The first-order valence-corrected chi connectivity index (χ1v) is 10.3. The van der Waals surface area contributed by atoms with Crippen LogP contribution in [0, 0.1) is 6.92 Å². The van der Waals surface area contributed by atoms with Gasteiger partial charge >= 0.3 is 0 Å². The molecule has 2 aromatic rings. The molecule has 0 saturated carbocycles. The van der Waals surface area contributed by atoms with Crippen molar-refractivity contribution in [3.63, 3.8) is 0 Å². The molecule has 1 aliphatic carbocycles. The summed E-state index contributed by atoms with van der Waals surface area (Å²) < 4.78 is 0. The first-order valence-electron chi connectivity index (χ1n) is 9.50. The third-order valence-corrected chi connectivity index (χ3v) is 5.99. The number of nitrogens with one attached hydrogen (secondary N) is 1. The van der Waals surface area contributed by atoms with Crippen molar-refractivity contribution >= 4 is 17.2 Å². The maximum Gasteiger partial charge on any atom is 0.220 e. The van der Waals surface area contributed by atoms with Crippen molar-refractivity contribution in [1.29, 1.82) is 0 Å². The lowest BCUT2D eigenvalue weighted by Gasteiger charge is -2.06. The average Bonchev–Trinajstić information content (AvgIpc) is 3.03. The van der Waals surface area contributed by atoms with Gasteiger partial charge in [0.25, 0.3) is 0 Å². The Morgan fingerprint density at radius 3 is 2.72 bits per heavy atom. The van der Waals surface area contributed by atoms with Gasteiger partial charge in [-0.1, -0.05) is 29.8 Å². The van der Waals surface area contributed by atoms with E-state index < -0.39 is 0 Å². The van der Waals surface area contributed by atoms with Gasteiger partial charge in [0.2, 0.25) is 5.91 Å². The summed E-state index contributed by atoms with van der Waals surface area (Å²) in [5.41, 5.74) is 3.93. The number of fused-ring (bicyclic) bond motifs is 1. The van der Waals surface area contributed by atoms with Crippen LogP contribution in [0.1, 0.15) is 58.8 Å². The second-order valence-electron chi connectivity index (χ2n) is 6.98. The van der Waals surface area contributed by atoms with Crippen LogP contribution in [0.15, 0.2) is 24.3 Å². The van der Waals surface area contributed by atoms with Gasteiger partial charge in [0.15, 0.2) is 0 Å². The monoisotopic (exact) mass is 356 g/mol. The predicted molar refractivity (Wildman–Crippen MR) is 104 cm³/mol. The number of hydrogen-bond acceptors (Lipinski definition) is 3. The van der Waals surface area contributed by atoms with E-state index in [2.05, 4.69) is 36.5 Å². The minimum atomic E-state index is 0.172. The molecule has 0 spiro atoms. The number of rotatable bonds is 8. The van der Waals surface area contributed by atoms with Crippen LogP contribution in [0.2, 0.25) is 0 Å².